The number of hydrogen-bond donors (Lipinski definition) is 0. The van der Waals surface area contributed by atoms with Crippen LogP contribution in [0.15, 0.2) is 36.4 Å². The van der Waals surface area contributed by atoms with Gasteiger partial charge in [-0.25, -0.2) is 8.78 Å². The van der Waals surface area contributed by atoms with E-state index in [2.05, 4.69) is 25.7 Å². The topological polar surface area (TPSA) is 43.9 Å². The highest BCUT2D eigenvalue weighted by molar-refractivity contribution is 6.30. The normalized spacial score (nSPS) is 23.3. The first-order chi connectivity index (χ1) is 18.9. The first-order valence-electron chi connectivity index (χ1n) is 14.5. The summed E-state index contributed by atoms with van der Waals surface area (Å²) in [5.74, 6) is -1.78. The second-order valence-corrected chi connectivity index (χ2v) is 13.2. The molecule has 8 heteroatoms. The van der Waals surface area contributed by atoms with Gasteiger partial charge in [-0.05, 0) is 87.8 Å². The van der Waals surface area contributed by atoms with E-state index in [1.54, 1.807) is 0 Å². The van der Waals surface area contributed by atoms with Crippen LogP contribution in [-0.4, -0.2) is 71.3 Å². The number of likely N-dealkylation sites (tertiary alicyclic amines) is 3. The van der Waals surface area contributed by atoms with E-state index in [0.29, 0.717) is 36.8 Å². The number of rotatable bonds is 5. The smallest absolute Gasteiger partial charge is 0.229 e. The Bertz CT molecular complexity index is 1270. The average Bonchev–Trinajstić information content (AvgIpc) is 3.33. The van der Waals surface area contributed by atoms with Gasteiger partial charge in [0.25, 0.3) is 0 Å². The molecule has 2 aromatic carbocycles. The van der Waals surface area contributed by atoms with Crippen molar-refractivity contribution in [1.82, 2.24) is 14.7 Å². The third-order valence-electron chi connectivity index (χ3n) is 9.25. The van der Waals surface area contributed by atoms with E-state index in [9.17, 15) is 18.4 Å². The summed E-state index contributed by atoms with van der Waals surface area (Å²) in [6.07, 6.45) is 2.63. The van der Waals surface area contributed by atoms with Gasteiger partial charge in [0.05, 0.1) is 11.8 Å². The van der Waals surface area contributed by atoms with Crippen LogP contribution in [0.3, 0.4) is 0 Å². The van der Waals surface area contributed by atoms with Crippen molar-refractivity contribution < 1.29 is 18.4 Å². The lowest BCUT2D eigenvalue weighted by Gasteiger charge is -2.37. The maximum absolute atomic E-state index is 14.9. The highest BCUT2D eigenvalue weighted by Crippen LogP contribution is 2.41. The number of piperidine rings is 1. The number of benzene rings is 2. The molecule has 0 N–H and O–H groups in total. The molecule has 40 heavy (non-hydrogen) atoms. The molecule has 3 heterocycles. The largest absolute Gasteiger partial charge is 0.342 e. The number of carbonyl (C=O) groups excluding carboxylic acids is 2. The lowest BCUT2D eigenvalue weighted by Crippen LogP contribution is -2.45. The molecule has 0 bridgehead atoms. The quantitative estimate of drug-likeness (QED) is 0.431. The minimum atomic E-state index is -0.612. The van der Waals surface area contributed by atoms with Crippen LogP contribution >= 0.6 is 11.6 Å². The van der Waals surface area contributed by atoms with Crippen LogP contribution in [-0.2, 0) is 9.59 Å². The van der Waals surface area contributed by atoms with Gasteiger partial charge < -0.3 is 9.80 Å². The first kappa shape index (κ1) is 29.0. The molecular weight excluding hydrogens is 532 g/mol. The zero-order valence-electron chi connectivity index (χ0n) is 23.9. The molecule has 0 aliphatic carbocycles. The van der Waals surface area contributed by atoms with Crippen molar-refractivity contribution in [2.45, 2.75) is 70.3 Å². The summed E-state index contributed by atoms with van der Waals surface area (Å²) in [6.45, 7) is 12.2. The Labute approximate surface area is 241 Å². The molecule has 0 radical (unpaired) electrons. The van der Waals surface area contributed by atoms with Crippen LogP contribution in [0.5, 0.6) is 0 Å². The van der Waals surface area contributed by atoms with Gasteiger partial charge in [-0.3, -0.25) is 14.5 Å². The van der Waals surface area contributed by atoms with Crippen LogP contribution in [0.1, 0.15) is 81.4 Å². The summed E-state index contributed by atoms with van der Waals surface area (Å²) in [6, 6.07) is 9.56. The standard InChI is InChI=1S/C32H40ClF2N3O2/c1-20(30(39)36-12-5-13-36)26-16-22(33)6-8-24(26)21-10-14-37(15-11-21)31(40)28-19-38(32(2,3)4)18-27(28)25-9-7-23(34)17-29(25)35/h6-9,16-17,20-21,27-28H,5,10-15,18-19H2,1-4H3/t20-,27-,28+/m0/s1. The number of amides is 2. The van der Waals surface area contributed by atoms with Gasteiger partial charge in [0.15, 0.2) is 0 Å². The van der Waals surface area contributed by atoms with Gasteiger partial charge in [0.2, 0.25) is 11.8 Å². The molecule has 3 aliphatic rings. The molecule has 3 atom stereocenters. The monoisotopic (exact) mass is 571 g/mol. The number of nitrogens with zero attached hydrogens (tertiary/aromatic N) is 3. The number of hydrogen-bond acceptors (Lipinski definition) is 3. The number of carbonyl (C=O) groups is 2. The van der Waals surface area contributed by atoms with Crippen LogP contribution in [0.2, 0.25) is 5.02 Å². The summed E-state index contributed by atoms with van der Waals surface area (Å²) in [4.78, 5) is 33.0. The van der Waals surface area contributed by atoms with Crippen molar-refractivity contribution in [2.75, 3.05) is 39.3 Å². The second kappa shape index (κ2) is 11.4. The van der Waals surface area contributed by atoms with E-state index in [1.807, 2.05) is 34.9 Å². The summed E-state index contributed by atoms with van der Waals surface area (Å²) >= 11 is 6.37. The van der Waals surface area contributed by atoms with Crippen molar-refractivity contribution in [2.24, 2.45) is 5.92 Å². The Morgan fingerprint density at radius 1 is 0.925 bits per heavy atom. The Morgan fingerprint density at radius 2 is 1.60 bits per heavy atom. The van der Waals surface area contributed by atoms with E-state index in [1.165, 1.54) is 12.1 Å². The summed E-state index contributed by atoms with van der Waals surface area (Å²) in [5.41, 5.74) is 2.36. The van der Waals surface area contributed by atoms with Gasteiger partial charge in [0.1, 0.15) is 11.6 Å². The molecule has 3 fully saturated rings. The molecule has 0 aromatic heterocycles. The van der Waals surface area contributed by atoms with Crippen LogP contribution in [0.4, 0.5) is 8.78 Å². The van der Waals surface area contributed by atoms with Crippen molar-refractivity contribution >= 4 is 23.4 Å². The molecule has 216 valence electrons. The molecular formula is C32H40ClF2N3O2. The second-order valence-electron chi connectivity index (χ2n) is 12.7. The predicted molar refractivity (Wildman–Crippen MR) is 154 cm³/mol. The third-order valence-corrected chi connectivity index (χ3v) is 9.48. The first-order valence-corrected chi connectivity index (χ1v) is 14.9. The average molecular weight is 572 g/mol. The van der Waals surface area contributed by atoms with E-state index in [0.717, 1.165) is 49.5 Å². The zero-order chi connectivity index (χ0) is 28.8. The minimum absolute atomic E-state index is 0.0385. The zero-order valence-corrected chi connectivity index (χ0v) is 24.7. The van der Waals surface area contributed by atoms with E-state index >= 15 is 0 Å². The molecule has 2 aromatic rings. The number of halogens is 3. The van der Waals surface area contributed by atoms with Crippen molar-refractivity contribution in [3.05, 3.63) is 69.7 Å². The molecule has 3 saturated heterocycles. The van der Waals surface area contributed by atoms with Gasteiger partial charge >= 0.3 is 0 Å². The fourth-order valence-electron chi connectivity index (χ4n) is 6.60. The molecule has 5 rings (SSSR count). The van der Waals surface area contributed by atoms with Crippen LogP contribution in [0, 0.1) is 17.6 Å². The minimum Gasteiger partial charge on any atom is -0.342 e. The van der Waals surface area contributed by atoms with Crippen molar-refractivity contribution in [3.63, 3.8) is 0 Å². The Morgan fingerprint density at radius 3 is 2.20 bits per heavy atom. The van der Waals surface area contributed by atoms with E-state index in [-0.39, 0.29) is 35.1 Å². The Kier molecular flexibility index (Phi) is 8.27. The lowest BCUT2D eigenvalue weighted by atomic mass is 9.81. The molecule has 5 nitrogen and oxygen atoms in total. The maximum Gasteiger partial charge on any atom is 0.229 e. The predicted octanol–water partition coefficient (Wildman–Crippen LogP) is 6.17. The van der Waals surface area contributed by atoms with Crippen molar-refractivity contribution in [3.8, 4) is 0 Å². The summed E-state index contributed by atoms with van der Waals surface area (Å²) in [7, 11) is 0. The third kappa shape index (κ3) is 5.78. The summed E-state index contributed by atoms with van der Waals surface area (Å²) in [5, 5.41) is 0.623. The van der Waals surface area contributed by atoms with Gasteiger partial charge in [0, 0.05) is 61.8 Å². The fraction of sp³-hybridized carbons (Fsp3) is 0.562. The highest BCUT2D eigenvalue weighted by atomic mass is 35.5. The van der Waals surface area contributed by atoms with Gasteiger partial charge in [-0.1, -0.05) is 23.7 Å². The fourth-order valence-corrected chi connectivity index (χ4v) is 6.78. The molecule has 0 spiro atoms. The molecule has 0 unspecified atom stereocenters. The highest BCUT2D eigenvalue weighted by Gasteiger charge is 2.45. The van der Waals surface area contributed by atoms with E-state index < -0.39 is 17.6 Å². The Balaban J connectivity index is 1.32. The molecule has 2 amide bonds. The molecule has 3 aliphatic heterocycles. The van der Waals surface area contributed by atoms with Crippen LogP contribution in [0.25, 0.3) is 0 Å². The van der Waals surface area contributed by atoms with Crippen LogP contribution < -0.4 is 0 Å². The molecule has 0 saturated carbocycles. The van der Waals surface area contributed by atoms with Crippen molar-refractivity contribution in [1.29, 1.82) is 0 Å². The Hall–Kier alpha value is -2.51. The van der Waals surface area contributed by atoms with E-state index in [4.69, 9.17) is 11.6 Å². The summed E-state index contributed by atoms with van der Waals surface area (Å²) < 4.78 is 28.6. The van der Waals surface area contributed by atoms with Gasteiger partial charge in [-0.15, -0.1) is 0 Å². The lowest BCUT2D eigenvalue weighted by molar-refractivity contribution is -0.137. The SMILES string of the molecule is C[C@H](C(=O)N1CCC1)c1cc(Cl)ccc1C1CCN(C(=O)[C@@H]2CN(C(C)(C)C)C[C@H]2c2ccc(F)cc2F)CC1. The maximum atomic E-state index is 14.9. The van der Waals surface area contributed by atoms with Gasteiger partial charge in [-0.2, -0.15) is 0 Å².